The molecule has 1 fully saturated rings. The van der Waals surface area contributed by atoms with Crippen LogP contribution < -0.4 is 10.6 Å². The van der Waals surface area contributed by atoms with Gasteiger partial charge in [0, 0.05) is 18.2 Å². The number of fused-ring (bicyclic) bond motifs is 2. The number of nitrogens with zero attached hydrogens (tertiary/aromatic N) is 3. The molecule has 2 aliphatic rings. The zero-order valence-electron chi connectivity index (χ0n) is 20.6. The van der Waals surface area contributed by atoms with E-state index in [4.69, 9.17) is 0 Å². The van der Waals surface area contributed by atoms with Crippen LogP contribution in [-0.2, 0) is 6.42 Å². The average Bonchev–Trinajstić information content (AvgIpc) is 3.51. The molecule has 0 bridgehead atoms. The molecule has 188 valence electrons. The third-order valence-electron chi connectivity index (χ3n) is 7.77. The molecule has 1 aromatic carbocycles. The zero-order valence-corrected chi connectivity index (χ0v) is 20.6. The van der Waals surface area contributed by atoms with Crippen LogP contribution in [0, 0.1) is 12.8 Å². The number of hydrogen-bond donors (Lipinski definition) is 3. The summed E-state index contributed by atoms with van der Waals surface area (Å²) >= 11 is 0. The Bertz CT molecular complexity index is 1340. The molecule has 2 aliphatic carbocycles. The maximum atomic E-state index is 13.4. The molecule has 3 aromatic rings. The lowest BCUT2D eigenvalue weighted by Gasteiger charge is -2.28. The summed E-state index contributed by atoms with van der Waals surface area (Å²) in [6.45, 7) is 3.84. The Kier molecular flexibility index (Phi) is 6.47. The number of hydrogen-bond acceptors (Lipinski definition) is 5. The maximum Gasteiger partial charge on any atom is 0.335 e. The van der Waals surface area contributed by atoms with Gasteiger partial charge in [0.15, 0.2) is 5.65 Å². The lowest BCUT2D eigenvalue weighted by molar-refractivity contribution is 0.0695. The molecule has 5 rings (SSSR count). The molecule has 36 heavy (non-hydrogen) atoms. The van der Waals surface area contributed by atoms with E-state index in [1.807, 2.05) is 13.8 Å². The molecule has 9 heteroatoms. The lowest BCUT2D eigenvalue weighted by Crippen LogP contribution is -2.39. The molecule has 0 saturated heterocycles. The van der Waals surface area contributed by atoms with Gasteiger partial charge in [-0.1, -0.05) is 25.3 Å². The molecule has 0 radical (unpaired) electrons. The molecule has 2 amide bonds. The number of carboxylic acid groups (broad SMARTS) is 1. The first kappa shape index (κ1) is 24.0. The predicted octanol–water partition coefficient (Wildman–Crippen LogP) is 3.85. The molecule has 9 nitrogen and oxygen atoms in total. The van der Waals surface area contributed by atoms with E-state index in [-0.39, 0.29) is 40.8 Å². The van der Waals surface area contributed by atoms with Gasteiger partial charge in [-0.3, -0.25) is 9.59 Å². The van der Waals surface area contributed by atoms with E-state index in [1.54, 1.807) is 24.4 Å². The molecule has 3 N–H and O–H groups in total. The molecule has 0 aliphatic heterocycles. The highest BCUT2D eigenvalue weighted by Gasteiger charge is 2.29. The largest absolute Gasteiger partial charge is 0.478 e. The summed E-state index contributed by atoms with van der Waals surface area (Å²) in [7, 11) is 0. The van der Waals surface area contributed by atoms with Crippen LogP contribution in [-0.4, -0.2) is 43.5 Å². The fourth-order valence-corrected chi connectivity index (χ4v) is 5.72. The Morgan fingerprint density at radius 3 is 2.61 bits per heavy atom. The van der Waals surface area contributed by atoms with Gasteiger partial charge in [-0.15, -0.1) is 0 Å². The standard InChI is InChI=1S/C27H31N5O4/c1-15-18-10-11-21(20(18)9-8-19(15)27(35)36)31-26(34)23-14-22(30-24-12-13-28-32(23)24)25(33)29-16(2)17-6-4-3-5-7-17/h8-9,12-14,16-17,21H,3-7,10-11H2,1-2H3,(H,29,33)(H,31,34)(H,35,36)/t16-,21-/m0/s1. The summed E-state index contributed by atoms with van der Waals surface area (Å²) in [5.41, 5.74) is 3.75. The maximum absolute atomic E-state index is 13.4. The van der Waals surface area contributed by atoms with Crippen molar-refractivity contribution in [3.63, 3.8) is 0 Å². The third-order valence-corrected chi connectivity index (χ3v) is 7.77. The van der Waals surface area contributed by atoms with E-state index in [1.165, 1.54) is 29.8 Å². The van der Waals surface area contributed by atoms with E-state index >= 15 is 0 Å². The van der Waals surface area contributed by atoms with Gasteiger partial charge in [-0.05, 0) is 68.2 Å². The highest BCUT2D eigenvalue weighted by molar-refractivity contribution is 5.98. The van der Waals surface area contributed by atoms with Crippen molar-refractivity contribution in [1.29, 1.82) is 0 Å². The number of amides is 2. The van der Waals surface area contributed by atoms with Gasteiger partial charge in [0.2, 0.25) is 0 Å². The first-order valence-electron chi connectivity index (χ1n) is 12.7. The van der Waals surface area contributed by atoms with Crippen molar-refractivity contribution in [2.45, 2.75) is 70.9 Å². The molecule has 0 spiro atoms. The smallest absolute Gasteiger partial charge is 0.335 e. The third kappa shape index (κ3) is 4.45. The first-order chi connectivity index (χ1) is 17.3. The lowest BCUT2D eigenvalue weighted by atomic mass is 9.84. The van der Waals surface area contributed by atoms with E-state index in [2.05, 4.69) is 20.7 Å². The zero-order chi connectivity index (χ0) is 25.4. The Labute approximate surface area is 209 Å². The number of nitrogens with one attached hydrogen (secondary N) is 2. The van der Waals surface area contributed by atoms with Crippen LogP contribution in [0.25, 0.3) is 5.65 Å². The number of carboxylic acids is 1. The molecule has 0 unspecified atom stereocenters. The summed E-state index contributed by atoms with van der Waals surface area (Å²) in [6.07, 6.45) is 8.76. The van der Waals surface area contributed by atoms with Gasteiger partial charge in [0.05, 0.1) is 17.8 Å². The minimum atomic E-state index is -0.954. The number of aromatic carboxylic acids is 1. The second-order valence-corrected chi connectivity index (χ2v) is 9.96. The Hall–Kier alpha value is -3.75. The van der Waals surface area contributed by atoms with Gasteiger partial charge in [0.1, 0.15) is 11.4 Å². The van der Waals surface area contributed by atoms with Gasteiger partial charge < -0.3 is 15.7 Å². The number of rotatable bonds is 6. The van der Waals surface area contributed by atoms with Gasteiger partial charge in [-0.2, -0.15) is 5.10 Å². The summed E-state index contributed by atoms with van der Waals surface area (Å²) in [4.78, 5) is 42.4. The summed E-state index contributed by atoms with van der Waals surface area (Å²) < 4.78 is 1.44. The fraction of sp³-hybridized carbons (Fsp3) is 0.444. The van der Waals surface area contributed by atoms with Crippen molar-refractivity contribution in [2.75, 3.05) is 0 Å². The first-order valence-corrected chi connectivity index (χ1v) is 12.7. The van der Waals surface area contributed by atoms with Crippen LogP contribution in [0.3, 0.4) is 0 Å². The van der Waals surface area contributed by atoms with Crippen LogP contribution >= 0.6 is 0 Å². The van der Waals surface area contributed by atoms with E-state index in [9.17, 15) is 19.5 Å². The van der Waals surface area contributed by atoms with Crippen LogP contribution in [0.1, 0.15) is 99.5 Å². The van der Waals surface area contributed by atoms with E-state index in [0.717, 1.165) is 29.5 Å². The number of carbonyl (C=O) groups is 3. The predicted molar refractivity (Wildman–Crippen MR) is 133 cm³/mol. The normalized spacial score (nSPS) is 18.6. The topological polar surface area (TPSA) is 126 Å². The van der Waals surface area contributed by atoms with Gasteiger partial charge in [-0.25, -0.2) is 14.3 Å². The van der Waals surface area contributed by atoms with Crippen molar-refractivity contribution in [3.05, 3.63) is 64.1 Å². The van der Waals surface area contributed by atoms with Gasteiger partial charge in [0.25, 0.3) is 11.8 Å². The Balaban J connectivity index is 1.37. The SMILES string of the molecule is Cc1c(C(=O)O)ccc2c1CC[C@@H]2NC(=O)c1cc(C(=O)N[C@@H](C)C2CCCCC2)nc2ccnn12. The monoisotopic (exact) mass is 489 g/mol. The van der Waals surface area contributed by atoms with Crippen molar-refractivity contribution in [3.8, 4) is 0 Å². The number of benzene rings is 1. The quantitative estimate of drug-likeness (QED) is 0.483. The minimum absolute atomic E-state index is 0.0342. The van der Waals surface area contributed by atoms with E-state index in [0.29, 0.717) is 24.4 Å². The van der Waals surface area contributed by atoms with Crippen molar-refractivity contribution < 1.29 is 19.5 Å². The van der Waals surface area contributed by atoms with Crippen molar-refractivity contribution >= 4 is 23.4 Å². The summed E-state index contributed by atoms with van der Waals surface area (Å²) in [5, 5.41) is 19.8. The minimum Gasteiger partial charge on any atom is -0.478 e. The van der Waals surface area contributed by atoms with E-state index < -0.39 is 5.97 Å². The van der Waals surface area contributed by atoms with Crippen LogP contribution in [0.5, 0.6) is 0 Å². The molecule has 1 saturated carbocycles. The van der Waals surface area contributed by atoms with Crippen LogP contribution in [0.4, 0.5) is 0 Å². The fourth-order valence-electron chi connectivity index (χ4n) is 5.72. The highest BCUT2D eigenvalue weighted by atomic mass is 16.4. The van der Waals surface area contributed by atoms with Crippen LogP contribution in [0.15, 0.2) is 30.5 Å². The molecule has 2 atom stereocenters. The van der Waals surface area contributed by atoms with Crippen molar-refractivity contribution in [1.82, 2.24) is 25.2 Å². The average molecular weight is 490 g/mol. The second-order valence-electron chi connectivity index (χ2n) is 9.96. The van der Waals surface area contributed by atoms with Gasteiger partial charge >= 0.3 is 5.97 Å². The molecular formula is C27H31N5O4. The second kappa shape index (κ2) is 9.72. The number of carbonyl (C=O) groups excluding carboxylic acids is 2. The van der Waals surface area contributed by atoms with Crippen LogP contribution in [0.2, 0.25) is 0 Å². The molecule has 2 aromatic heterocycles. The Morgan fingerprint density at radius 1 is 1.08 bits per heavy atom. The molecule has 2 heterocycles. The van der Waals surface area contributed by atoms with Crippen molar-refractivity contribution in [2.24, 2.45) is 5.92 Å². The highest BCUT2D eigenvalue weighted by Crippen LogP contribution is 2.35. The summed E-state index contributed by atoms with van der Waals surface area (Å²) in [5.74, 6) is -1.16. The summed E-state index contributed by atoms with van der Waals surface area (Å²) in [6, 6.07) is 6.32. The number of aromatic nitrogens is 3. The Morgan fingerprint density at radius 2 is 1.86 bits per heavy atom. The molecular weight excluding hydrogens is 458 g/mol.